The summed E-state index contributed by atoms with van der Waals surface area (Å²) >= 11 is 6.06. The summed E-state index contributed by atoms with van der Waals surface area (Å²) in [5.41, 5.74) is 4.19. The summed E-state index contributed by atoms with van der Waals surface area (Å²) in [5.74, 6) is 4.31. The van der Waals surface area contributed by atoms with Crippen LogP contribution in [-0.4, -0.2) is 59.8 Å². The molecule has 0 radical (unpaired) electrons. The van der Waals surface area contributed by atoms with Crippen molar-refractivity contribution in [1.82, 2.24) is 10.5 Å². The predicted octanol–water partition coefficient (Wildman–Crippen LogP) is 8.19. The number of hydrogen-bond donors (Lipinski definition) is 2. The topological polar surface area (TPSA) is 132 Å². The molecule has 1 unspecified atom stereocenters. The van der Waals surface area contributed by atoms with Crippen LogP contribution in [0.4, 0.5) is 5.69 Å². The Kier molecular flexibility index (Phi) is 11.4. The van der Waals surface area contributed by atoms with Crippen LogP contribution in [0.15, 0.2) is 77.3 Å². The van der Waals surface area contributed by atoms with Gasteiger partial charge in [0, 0.05) is 27.9 Å². The smallest absolute Gasteiger partial charge is 0.255 e. The zero-order valence-electron chi connectivity index (χ0n) is 29.5. The number of nitrogens with one attached hydrogen (secondary N) is 2. The van der Waals surface area contributed by atoms with Gasteiger partial charge in [0.1, 0.15) is 11.9 Å². The fourth-order valence-corrected chi connectivity index (χ4v) is 6.02. The Labute approximate surface area is 306 Å². The summed E-state index contributed by atoms with van der Waals surface area (Å²) in [5, 5.41) is 11.1. The van der Waals surface area contributed by atoms with Gasteiger partial charge in [-0.2, -0.15) is 0 Å². The highest BCUT2D eigenvalue weighted by molar-refractivity contribution is 6.31. The first-order chi connectivity index (χ1) is 25.3. The second-order valence-corrected chi connectivity index (χ2v) is 12.2. The van der Waals surface area contributed by atoms with E-state index in [2.05, 4.69) is 15.8 Å². The average Bonchev–Trinajstić information content (AvgIpc) is 3.67. The molecule has 4 aromatic carbocycles. The van der Waals surface area contributed by atoms with Crippen LogP contribution in [-0.2, 0) is 0 Å². The number of methoxy groups -OCH3 is 5. The Morgan fingerprint density at radius 1 is 0.654 bits per heavy atom. The monoisotopic (exact) mass is 729 g/mol. The van der Waals surface area contributed by atoms with E-state index in [1.54, 1.807) is 53.7 Å². The Morgan fingerprint density at radius 3 is 2.02 bits per heavy atom. The maximum atomic E-state index is 12.7. The van der Waals surface area contributed by atoms with Gasteiger partial charge in [-0.15, -0.1) is 0 Å². The quantitative estimate of drug-likeness (QED) is 0.0953. The predicted molar refractivity (Wildman–Crippen MR) is 197 cm³/mol. The summed E-state index contributed by atoms with van der Waals surface area (Å²) in [4.78, 5) is 12.7. The van der Waals surface area contributed by atoms with Gasteiger partial charge in [-0.3, -0.25) is 4.79 Å². The van der Waals surface area contributed by atoms with Crippen molar-refractivity contribution in [1.29, 1.82) is 0 Å². The van der Waals surface area contributed by atoms with E-state index in [0.29, 0.717) is 81.2 Å². The van der Waals surface area contributed by atoms with Crippen LogP contribution >= 0.6 is 11.6 Å². The summed E-state index contributed by atoms with van der Waals surface area (Å²) in [6.07, 6.45) is 2.07. The van der Waals surface area contributed by atoms with Crippen LogP contribution < -0.4 is 43.8 Å². The molecule has 0 bridgehead atoms. The number of halogens is 1. The molecule has 0 saturated carbocycles. The molecule has 0 fully saturated rings. The van der Waals surface area contributed by atoms with Crippen molar-refractivity contribution < 1.29 is 42.5 Å². The van der Waals surface area contributed by atoms with Gasteiger partial charge in [-0.05, 0) is 85.5 Å². The lowest BCUT2D eigenvalue weighted by molar-refractivity contribution is 0.0935. The zero-order chi connectivity index (χ0) is 36.6. The van der Waals surface area contributed by atoms with Crippen LogP contribution in [0.2, 0.25) is 5.02 Å². The molecule has 13 heteroatoms. The van der Waals surface area contributed by atoms with Crippen LogP contribution in [0, 0.1) is 0 Å². The van der Waals surface area contributed by atoms with Crippen molar-refractivity contribution in [3.05, 3.63) is 88.9 Å². The average molecular weight is 730 g/mol. The molecule has 2 heterocycles. The summed E-state index contributed by atoms with van der Waals surface area (Å²) in [7, 11) is 7.89. The maximum Gasteiger partial charge on any atom is 0.255 e. The number of nitrogens with zero attached hydrogens (tertiary/aromatic N) is 1. The van der Waals surface area contributed by atoms with Crippen LogP contribution in [0.1, 0.15) is 41.3 Å². The number of hydrogen-bond acceptors (Lipinski definition) is 11. The number of aromatic nitrogens is 1. The lowest BCUT2D eigenvalue weighted by Crippen LogP contribution is -2.38. The maximum absolute atomic E-state index is 12.7. The zero-order valence-corrected chi connectivity index (χ0v) is 30.3. The summed E-state index contributed by atoms with van der Waals surface area (Å²) < 4.78 is 45.5. The number of ether oxygens (including phenoxy) is 7. The second kappa shape index (κ2) is 16.5. The molecule has 1 atom stereocenters. The minimum Gasteiger partial charge on any atom is -0.493 e. The normalized spacial score (nSPS) is 13.3. The molecule has 1 aromatic heterocycles. The largest absolute Gasteiger partial charge is 0.493 e. The minimum absolute atomic E-state index is 0.201. The summed E-state index contributed by atoms with van der Waals surface area (Å²) in [6.45, 7) is 0.987. The molecule has 2 N–H and O–H groups in total. The highest BCUT2D eigenvalue weighted by Gasteiger charge is 2.26. The number of amides is 1. The number of rotatable bonds is 16. The van der Waals surface area contributed by atoms with Gasteiger partial charge >= 0.3 is 0 Å². The van der Waals surface area contributed by atoms with E-state index in [1.165, 1.54) is 0 Å². The number of carbonyl (C=O) groups excluding carboxylic acids is 1. The highest BCUT2D eigenvalue weighted by Crippen LogP contribution is 2.42. The molecule has 52 heavy (non-hydrogen) atoms. The standard InChI is InChI=1S/C39H40ClN3O9/c1-45-30-13-9-23(32-22-29(43-52-32)25-19-35(47-3)37(49-5)36(20-25)48-4)17-34(30)51-16-8-6-7-15-50-31-14-10-24(18-33(31)46-2)38-41-28-12-11-26(40)21-27(28)39(44)42-38/h9-14,17-22,38,41H,6-8,15-16H2,1-5H3,(H,42,44). The van der Waals surface area contributed by atoms with Crippen molar-refractivity contribution in [2.45, 2.75) is 25.4 Å². The molecular formula is C39H40ClN3O9. The third-order valence-corrected chi connectivity index (χ3v) is 8.78. The van der Waals surface area contributed by atoms with Crippen LogP contribution in [0.3, 0.4) is 0 Å². The van der Waals surface area contributed by atoms with E-state index in [1.807, 2.05) is 54.6 Å². The SMILES string of the molecule is COc1cc(C2NC(=O)c3cc(Cl)ccc3N2)ccc1OCCCCCOc1cc(-c2cc(-c3cc(OC)c(OC)c(OC)c3)no2)ccc1OC. The molecule has 1 aliphatic heterocycles. The lowest BCUT2D eigenvalue weighted by Gasteiger charge is -2.28. The van der Waals surface area contributed by atoms with Gasteiger partial charge in [-0.25, -0.2) is 0 Å². The first-order valence-electron chi connectivity index (χ1n) is 16.6. The van der Waals surface area contributed by atoms with E-state index >= 15 is 0 Å². The van der Waals surface area contributed by atoms with E-state index in [0.717, 1.165) is 36.0 Å². The second-order valence-electron chi connectivity index (χ2n) is 11.8. The summed E-state index contributed by atoms with van der Waals surface area (Å²) in [6, 6.07) is 21.9. The van der Waals surface area contributed by atoms with Crippen molar-refractivity contribution >= 4 is 23.2 Å². The van der Waals surface area contributed by atoms with Gasteiger partial charge in [0.15, 0.2) is 40.3 Å². The molecule has 1 amide bonds. The number of carbonyl (C=O) groups is 1. The van der Waals surface area contributed by atoms with E-state index in [4.69, 9.17) is 49.3 Å². The van der Waals surface area contributed by atoms with Gasteiger partial charge in [-0.1, -0.05) is 22.8 Å². The van der Waals surface area contributed by atoms with Crippen molar-refractivity contribution in [2.24, 2.45) is 0 Å². The third-order valence-electron chi connectivity index (χ3n) is 8.55. The van der Waals surface area contributed by atoms with Gasteiger partial charge in [0.2, 0.25) is 5.75 Å². The molecule has 12 nitrogen and oxygen atoms in total. The molecular weight excluding hydrogens is 690 g/mol. The van der Waals surface area contributed by atoms with Crippen LogP contribution in [0.5, 0.6) is 40.2 Å². The van der Waals surface area contributed by atoms with Crippen molar-refractivity contribution in [3.63, 3.8) is 0 Å². The molecule has 1 aliphatic rings. The Hall–Kier alpha value is -5.75. The van der Waals surface area contributed by atoms with E-state index in [-0.39, 0.29) is 5.91 Å². The van der Waals surface area contributed by atoms with Crippen molar-refractivity contribution in [2.75, 3.05) is 54.1 Å². The van der Waals surface area contributed by atoms with Crippen molar-refractivity contribution in [3.8, 4) is 62.8 Å². The molecule has 5 aromatic rings. The first kappa shape index (κ1) is 36.1. The van der Waals surface area contributed by atoms with Gasteiger partial charge < -0.3 is 48.3 Å². The highest BCUT2D eigenvalue weighted by atomic mass is 35.5. The molecule has 6 rings (SSSR count). The Morgan fingerprint density at radius 2 is 1.33 bits per heavy atom. The Bertz CT molecular complexity index is 2010. The third kappa shape index (κ3) is 7.92. The van der Waals surface area contributed by atoms with Gasteiger partial charge in [0.25, 0.3) is 5.91 Å². The molecule has 0 saturated heterocycles. The van der Waals surface area contributed by atoms with Gasteiger partial charge in [0.05, 0.1) is 54.3 Å². The Balaban J connectivity index is 1.01. The fourth-order valence-electron chi connectivity index (χ4n) is 5.84. The fraction of sp³-hybridized carbons (Fsp3) is 0.282. The number of anilines is 1. The van der Waals surface area contributed by atoms with Crippen LogP contribution in [0.25, 0.3) is 22.6 Å². The molecule has 0 aliphatic carbocycles. The molecule has 0 spiro atoms. The first-order valence-corrected chi connectivity index (χ1v) is 17.0. The number of fused-ring (bicyclic) bond motifs is 1. The minimum atomic E-state index is -0.426. The number of unbranched alkanes of at least 4 members (excludes halogenated alkanes) is 2. The van der Waals surface area contributed by atoms with E-state index in [9.17, 15) is 4.79 Å². The lowest BCUT2D eigenvalue weighted by atomic mass is 10.1. The van der Waals surface area contributed by atoms with E-state index < -0.39 is 6.17 Å². The molecule has 272 valence electrons. The number of benzene rings is 4.